The first-order chi connectivity index (χ1) is 30.8. The Morgan fingerprint density at radius 1 is 0.460 bits per heavy atom. The second-order valence-electron chi connectivity index (χ2n) is 18.7. The molecule has 2 atom stereocenters. The van der Waals surface area contributed by atoms with Gasteiger partial charge in [0.05, 0.1) is 13.2 Å². The fraction of sp³-hybridized carbons (Fsp3) is 0.889. The number of carboxylic acids is 1. The first kappa shape index (κ1) is 60.6. The molecule has 9 heteroatoms. The lowest BCUT2D eigenvalue weighted by atomic mass is 10.0. The van der Waals surface area contributed by atoms with Crippen LogP contribution in [0.3, 0.4) is 0 Å². The molecule has 63 heavy (non-hydrogen) atoms. The Morgan fingerprint density at radius 2 is 0.810 bits per heavy atom. The molecule has 0 spiro atoms. The van der Waals surface area contributed by atoms with E-state index in [4.69, 9.17) is 14.9 Å². The van der Waals surface area contributed by atoms with Crippen molar-refractivity contribution in [3.05, 3.63) is 12.2 Å². The predicted octanol–water partition coefficient (Wildman–Crippen LogP) is 14.6. The second-order valence-corrected chi connectivity index (χ2v) is 18.7. The van der Waals surface area contributed by atoms with Crippen LogP contribution in [-0.2, 0) is 23.9 Å². The molecule has 0 aromatic carbocycles. The van der Waals surface area contributed by atoms with Gasteiger partial charge in [0.2, 0.25) is 11.8 Å². The zero-order chi connectivity index (χ0) is 46.1. The summed E-state index contributed by atoms with van der Waals surface area (Å²) in [6.45, 7) is 3.52. The molecule has 0 aliphatic carbocycles. The standard InChI is InChI=1S/C54H102N2O7/c1-3-5-7-9-11-13-15-17-19-20-21-22-23-24-25-27-29-31-33-38-42-46-53(60)63-49(43-39-35-32-30-28-26-18-16-14-12-10-8-6-4-2)44-40-36-34-37-41-45-51(58)55-47-52(59)56-50(48-57)54(61)62/h20-21,49-50,57H,3-19,22-48H2,1-2H3,(H,55,58)(H,56,59)(H,61,62)/b21-20-. The monoisotopic (exact) mass is 891 g/mol. The maximum atomic E-state index is 12.9. The molecule has 0 fully saturated rings. The third-order valence-electron chi connectivity index (χ3n) is 12.5. The van der Waals surface area contributed by atoms with Crippen molar-refractivity contribution in [2.24, 2.45) is 0 Å². The van der Waals surface area contributed by atoms with Gasteiger partial charge in [0.1, 0.15) is 12.1 Å². The molecule has 0 bridgehead atoms. The van der Waals surface area contributed by atoms with Gasteiger partial charge in [0.15, 0.2) is 0 Å². The molecule has 0 saturated carbocycles. The van der Waals surface area contributed by atoms with Gasteiger partial charge in [-0.2, -0.15) is 0 Å². The highest BCUT2D eigenvalue weighted by Gasteiger charge is 2.19. The summed E-state index contributed by atoms with van der Waals surface area (Å²) in [7, 11) is 0. The topological polar surface area (TPSA) is 142 Å². The number of rotatable bonds is 50. The minimum absolute atomic E-state index is 0.0105. The van der Waals surface area contributed by atoms with Crippen LogP contribution in [0, 0.1) is 0 Å². The fourth-order valence-corrected chi connectivity index (χ4v) is 8.36. The van der Waals surface area contributed by atoms with Gasteiger partial charge in [-0.3, -0.25) is 14.4 Å². The van der Waals surface area contributed by atoms with Gasteiger partial charge in [0.25, 0.3) is 0 Å². The lowest BCUT2D eigenvalue weighted by Crippen LogP contribution is -2.47. The normalized spacial score (nSPS) is 12.4. The van der Waals surface area contributed by atoms with Gasteiger partial charge >= 0.3 is 11.9 Å². The number of hydrogen-bond donors (Lipinski definition) is 4. The van der Waals surface area contributed by atoms with E-state index in [1.807, 2.05) is 0 Å². The van der Waals surface area contributed by atoms with E-state index in [0.29, 0.717) is 19.3 Å². The number of nitrogens with one attached hydrogen (secondary N) is 2. The average molecular weight is 891 g/mol. The molecule has 4 N–H and O–H groups in total. The number of aliphatic hydroxyl groups excluding tert-OH is 1. The number of aliphatic carboxylic acids is 1. The van der Waals surface area contributed by atoms with Crippen LogP contribution in [0.15, 0.2) is 12.2 Å². The first-order valence-electron chi connectivity index (χ1n) is 27.1. The van der Waals surface area contributed by atoms with Crippen LogP contribution in [0.5, 0.6) is 0 Å². The summed E-state index contributed by atoms with van der Waals surface area (Å²) in [6, 6.07) is -1.38. The molecule has 0 rings (SSSR count). The molecular weight excluding hydrogens is 789 g/mol. The molecule has 0 heterocycles. The van der Waals surface area contributed by atoms with E-state index in [0.717, 1.165) is 57.8 Å². The maximum absolute atomic E-state index is 12.9. The summed E-state index contributed by atoms with van der Waals surface area (Å²) in [5.74, 6) is -2.27. The van der Waals surface area contributed by atoms with Crippen molar-refractivity contribution in [2.75, 3.05) is 13.2 Å². The Kier molecular flexibility index (Phi) is 47.1. The van der Waals surface area contributed by atoms with Gasteiger partial charge in [0, 0.05) is 12.8 Å². The maximum Gasteiger partial charge on any atom is 0.328 e. The van der Waals surface area contributed by atoms with Crippen molar-refractivity contribution in [2.45, 2.75) is 296 Å². The SMILES string of the molecule is CCCCCCCCCC/C=C\CCCCCCCCCCCC(=O)OC(CCCCCCCCCCCCCCCC)CCCCCCCC(=O)NCC(=O)NC(CO)C(=O)O. The van der Waals surface area contributed by atoms with E-state index in [1.54, 1.807) is 0 Å². The van der Waals surface area contributed by atoms with Gasteiger partial charge in [-0.05, 0) is 64.2 Å². The van der Waals surface area contributed by atoms with Gasteiger partial charge < -0.3 is 25.6 Å². The van der Waals surface area contributed by atoms with Crippen LogP contribution in [0.25, 0.3) is 0 Å². The van der Waals surface area contributed by atoms with Crippen LogP contribution >= 0.6 is 0 Å². The van der Waals surface area contributed by atoms with Gasteiger partial charge in [-0.25, -0.2) is 4.79 Å². The number of carbonyl (C=O) groups excluding carboxylic acids is 3. The van der Waals surface area contributed by atoms with Crippen LogP contribution in [0.1, 0.15) is 284 Å². The van der Waals surface area contributed by atoms with E-state index in [-0.39, 0.29) is 24.5 Å². The van der Waals surface area contributed by atoms with E-state index in [1.165, 1.54) is 193 Å². The van der Waals surface area contributed by atoms with Gasteiger partial charge in [-0.15, -0.1) is 0 Å². The zero-order valence-corrected chi connectivity index (χ0v) is 41.4. The molecule has 0 aliphatic rings. The van der Waals surface area contributed by atoms with Crippen LogP contribution in [0.2, 0.25) is 0 Å². The minimum atomic E-state index is -1.38. The third-order valence-corrected chi connectivity index (χ3v) is 12.5. The average Bonchev–Trinajstić information content (AvgIpc) is 3.27. The van der Waals surface area contributed by atoms with Crippen molar-refractivity contribution in [1.29, 1.82) is 0 Å². The zero-order valence-electron chi connectivity index (χ0n) is 41.4. The molecule has 0 aliphatic heterocycles. The number of carboxylic acid groups (broad SMARTS) is 1. The second kappa shape index (κ2) is 49.0. The van der Waals surface area contributed by atoms with Crippen molar-refractivity contribution < 1.29 is 34.1 Å². The largest absolute Gasteiger partial charge is 0.480 e. The highest BCUT2D eigenvalue weighted by Crippen LogP contribution is 2.20. The smallest absolute Gasteiger partial charge is 0.328 e. The predicted molar refractivity (Wildman–Crippen MR) is 264 cm³/mol. The summed E-state index contributed by atoms with van der Waals surface area (Å²) in [4.78, 5) is 47.8. The number of hydrogen-bond acceptors (Lipinski definition) is 6. The van der Waals surface area contributed by atoms with Gasteiger partial charge in [-0.1, -0.05) is 219 Å². The highest BCUT2D eigenvalue weighted by molar-refractivity contribution is 5.87. The molecule has 0 saturated heterocycles. The quantitative estimate of drug-likeness (QED) is 0.0271. The van der Waals surface area contributed by atoms with Crippen LogP contribution in [-0.4, -0.2) is 59.3 Å². The third kappa shape index (κ3) is 45.9. The Balaban J connectivity index is 4.22. The minimum Gasteiger partial charge on any atom is -0.480 e. The summed E-state index contributed by atoms with van der Waals surface area (Å²) in [6.07, 6.45) is 55.4. The Hall–Kier alpha value is -2.42. The van der Waals surface area contributed by atoms with Crippen molar-refractivity contribution >= 4 is 23.8 Å². The summed E-state index contributed by atoms with van der Waals surface area (Å²) >= 11 is 0. The van der Waals surface area contributed by atoms with Crippen molar-refractivity contribution in [1.82, 2.24) is 10.6 Å². The summed E-state index contributed by atoms with van der Waals surface area (Å²) in [5.41, 5.74) is 0. The first-order valence-corrected chi connectivity index (χ1v) is 27.1. The number of amides is 2. The van der Waals surface area contributed by atoms with E-state index in [9.17, 15) is 19.2 Å². The Labute approximate surface area is 388 Å². The molecular formula is C54H102N2O7. The fourth-order valence-electron chi connectivity index (χ4n) is 8.36. The number of allylic oxidation sites excluding steroid dienone is 2. The number of unbranched alkanes of at least 4 members (excludes halogenated alkanes) is 34. The van der Waals surface area contributed by atoms with E-state index >= 15 is 0 Å². The lowest BCUT2D eigenvalue weighted by Gasteiger charge is -2.18. The number of aliphatic hydroxyl groups is 1. The summed E-state index contributed by atoms with van der Waals surface area (Å²) < 4.78 is 6.08. The van der Waals surface area contributed by atoms with Crippen LogP contribution < -0.4 is 10.6 Å². The van der Waals surface area contributed by atoms with Crippen molar-refractivity contribution in [3.8, 4) is 0 Å². The molecule has 2 unspecified atom stereocenters. The Bertz CT molecular complexity index is 1070. The molecule has 2 amide bonds. The Morgan fingerprint density at radius 3 is 1.19 bits per heavy atom. The number of ether oxygens (including phenoxy) is 1. The summed E-state index contributed by atoms with van der Waals surface area (Å²) in [5, 5.41) is 22.6. The number of esters is 1. The van der Waals surface area contributed by atoms with E-state index < -0.39 is 24.5 Å². The molecule has 0 aromatic heterocycles. The molecule has 9 nitrogen and oxygen atoms in total. The van der Waals surface area contributed by atoms with E-state index in [2.05, 4.69) is 36.6 Å². The molecule has 0 radical (unpaired) electrons. The highest BCUT2D eigenvalue weighted by atomic mass is 16.5. The molecule has 370 valence electrons. The molecule has 0 aromatic rings. The lowest BCUT2D eigenvalue weighted by molar-refractivity contribution is -0.150. The van der Waals surface area contributed by atoms with Crippen LogP contribution in [0.4, 0.5) is 0 Å². The number of carbonyl (C=O) groups is 4. The van der Waals surface area contributed by atoms with Crippen molar-refractivity contribution in [3.63, 3.8) is 0 Å².